The highest BCUT2D eigenvalue weighted by Crippen LogP contribution is 2.26. The third-order valence-electron chi connectivity index (χ3n) is 5.34. The average molecular weight is 400 g/mol. The quantitative estimate of drug-likeness (QED) is 0.495. The second-order valence-corrected chi connectivity index (χ2v) is 7.27. The third kappa shape index (κ3) is 3.52. The molecule has 6 heteroatoms. The first-order chi connectivity index (χ1) is 14.5. The van der Waals surface area contributed by atoms with Gasteiger partial charge in [0.15, 0.2) is 5.65 Å². The summed E-state index contributed by atoms with van der Waals surface area (Å²) >= 11 is 0. The van der Waals surface area contributed by atoms with Crippen molar-refractivity contribution < 1.29 is 9.90 Å². The van der Waals surface area contributed by atoms with Crippen LogP contribution in [0.5, 0.6) is 0 Å². The highest BCUT2D eigenvalue weighted by atomic mass is 16.4. The minimum atomic E-state index is -0.921. The first-order valence-electron chi connectivity index (χ1n) is 9.99. The monoisotopic (exact) mass is 400 g/mol. The molecule has 0 aliphatic carbocycles. The molecule has 4 rings (SSSR count). The average Bonchev–Trinajstić information content (AvgIpc) is 3.12. The van der Waals surface area contributed by atoms with Gasteiger partial charge in [-0.05, 0) is 36.1 Å². The van der Waals surface area contributed by atoms with E-state index in [4.69, 9.17) is 10.1 Å². The molecule has 0 spiro atoms. The highest BCUT2D eigenvalue weighted by molar-refractivity contribution is 5.96. The highest BCUT2D eigenvalue weighted by Gasteiger charge is 2.16. The van der Waals surface area contributed by atoms with Gasteiger partial charge in [0, 0.05) is 30.8 Å². The van der Waals surface area contributed by atoms with Crippen molar-refractivity contribution in [3.8, 4) is 11.1 Å². The van der Waals surface area contributed by atoms with Gasteiger partial charge in [-0.3, -0.25) is 0 Å². The van der Waals surface area contributed by atoms with E-state index in [1.807, 2.05) is 61.0 Å². The number of carboxylic acid groups (broad SMARTS) is 1. The summed E-state index contributed by atoms with van der Waals surface area (Å²) in [5.74, 6) is -0.0974. The lowest BCUT2D eigenvalue weighted by molar-refractivity contribution is 0.0697. The Balaban J connectivity index is 1.71. The lowest BCUT2D eigenvalue weighted by Crippen LogP contribution is -2.01. The van der Waals surface area contributed by atoms with Crippen molar-refractivity contribution in [2.75, 3.05) is 12.4 Å². The van der Waals surface area contributed by atoms with E-state index >= 15 is 0 Å². The van der Waals surface area contributed by atoms with Gasteiger partial charge in [-0.1, -0.05) is 49.4 Å². The number of nitrogens with one attached hydrogen (secondary N) is 1. The van der Waals surface area contributed by atoms with Crippen molar-refractivity contribution >= 4 is 17.4 Å². The van der Waals surface area contributed by atoms with Crippen molar-refractivity contribution in [3.05, 3.63) is 82.7 Å². The standard InChI is InChI=1S/C24H24N4O2/c1-4-21-20(23-26-22(25-3)13-15(2)28(23)27-21)14-16-9-11-17(12-10-16)18-7-5-6-8-19(18)24(29)30/h5-13H,4,14H2,1-3H3,(H,25,26)(H,29,30). The SMILES string of the molecule is CCc1nn2c(C)cc(NC)nc2c1Cc1ccc(-c2ccccc2C(=O)O)cc1. The molecule has 0 atom stereocenters. The number of carbonyl (C=O) groups is 1. The van der Waals surface area contributed by atoms with Crippen LogP contribution in [-0.2, 0) is 12.8 Å². The summed E-state index contributed by atoms with van der Waals surface area (Å²) in [6.07, 6.45) is 1.55. The van der Waals surface area contributed by atoms with E-state index in [0.29, 0.717) is 12.0 Å². The predicted molar refractivity (Wildman–Crippen MR) is 118 cm³/mol. The second-order valence-electron chi connectivity index (χ2n) is 7.27. The fourth-order valence-electron chi connectivity index (χ4n) is 3.77. The fraction of sp³-hybridized carbons (Fsp3) is 0.208. The van der Waals surface area contributed by atoms with E-state index in [0.717, 1.165) is 51.5 Å². The topological polar surface area (TPSA) is 79.5 Å². The number of fused-ring (bicyclic) bond motifs is 1. The molecule has 0 amide bonds. The Hall–Kier alpha value is -3.67. The summed E-state index contributed by atoms with van der Waals surface area (Å²) in [6, 6.07) is 17.1. The fourth-order valence-corrected chi connectivity index (χ4v) is 3.77. The number of aromatic carboxylic acids is 1. The number of benzene rings is 2. The summed E-state index contributed by atoms with van der Waals surface area (Å²) in [5, 5.41) is 17.3. The van der Waals surface area contributed by atoms with Gasteiger partial charge in [0.25, 0.3) is 0 Å². The number of hydrogen-bond acceptors (Lipinski definition) is 4. The molecule has 6 nitrogen and oxygen atoms in total. The zero-order chi connectivity index (χ0) is 21.3. The molecule has 0 aliphatic rings. The summed E-state index contributed by atoms with van der Waals surface area (Å²) in [6.45, 7) is 4.13. The van der Waals surface area contributed by atoms with Gasteiger partial charge in [-0.25, -0.2) is 14.3 Å². The minimum Gasteiger partial charge on any atom is -0.478 e. The van der Waals surface area contributed by atoms with Crippen LogP contribution in [0.1, 0.15) is 39.8 Å². The van der Waals surface area contributed by atoms with Crippen molar-refractivity contribution in [3.63, 3.8) is 0 Å². The Morgan fingerprint density at radius 1 is 1.13 bits per heavy atom. The van der Waals surface area contributed by atoms with Gasteiger partial charge < -0.3 is 10.4 Å². The summed E-state index contributed by atoms with van der Waals surface area (Å²) < 4.78 is 1.91. The van der Waals surface area contributed by atoms with E-state index in [2.05, 4.69) is 12.2 Å². The van der Waals surface area contributed by atoms with E-state index in [9.17, 15) is 9.90 Å². The van der Waals surface area contributed by atoms with Crippen molar-refractivity contribution in [2.24, 2.45) is 0 Å². The number of nitrogens with zero attached hydrogens (tertiary/aromatic N) is 3. The molecule has 2 aromatic carbocycles. The van der Waals surface area contributed by atoms with Crippen LogP contribution in [0, 0.1) is 6.92 Å². The molecular weight excluding hydrogens is 376 g/mol. The van der Waals surface area contributed by atoms with Gasteiger partial charge in [0.2, 0.25) is 0 Å². The number of rotatable bonds is 6. The van der Waals surface area contributed by atoms with Crippen LogP contribution in [-0.4, -0.2) is 32.7 Å². The maximum atomic E-state index is 11.5. The van der Waals surface area contributed by atoms with E-state index in [-0.39, 0.29) is 0 Å². The number of aromatic nitrogens is 3. The molecular formula is C24H24N4O2. The summed E-state index contributed by atoms with van der Waals surface area (Å²) in [4.78, 5) is 16.3. The van der Waals surface area contributed by atoms with Crippen LogP contribution in [0.25, 0.3) is 16.8 Å². The third-order valence-corrected chi connectivity index (χ3v) is 5.34. The molecule has 0 aliphatic heterocycles. The summed E-state index contributed by atoms with van der Waals surface area (Å²) in [7, 11) is 1.86. The van der Waals surface area contributed by atoms with Gasteiger partial charge in [0.1, 0.15) is 5.82 Å². The number of hydrogen-bond donors (Lipinski definition) is 2. The zero-order valence-electron chi connectivity index (χ0n) is 17.3. The molecule has 0 unspecified atom stereocenters. The minimum absolute atomic E-state index is 0.306. The lowest BCUT2D eigenvalue weighted by Gasteiger charge is -2.08. The van der Waals surface area contributed by atoms with E-state index in [1.54, 1.807) is 12.1 Å². The van der Waals surface area contributed by atoms with Crippen LogP contribution in [0.4, 0.5) is 5.82 Å². The molecule has 0 saturated heterocycles. The molecule has 0 radical (unpaired) electrons. The second kappa shape index (κ2) is 7.99. The van der Waals surface area contributed by atoms with Crippen molar-refractivity contribution in [1.29, 1.82) is 0 Å². The Labute approximate surface area is 175 Å². The zero-order valence-corrected chi connectivity index (χ0v) is 17.3. The van der Waals surface area contributed by atoms with Crippen LogP contribution < -0.4 is 5.32 Å². The molecule has 4 aromatic rings. The van der Waals surface area contributed by atoms with E-state index in [1.165, 1.54) is 0 Å². The Morgan fingerprint density at radius 3 is 2.53 bits per heavy atom. The van der Waals surface area contributed by atoms with Gasteiger partial charge in [-0.2, -0.15) is 5.10 Å². The van der Waals surface area contributed by atoms with Crippen LogP contribution in [0.3, 0.4) is 0 Å². The first-order valence-corrected chi connectivity index (χ1v) is 9.99. The first kappa shape index (κ1) is 19.6. The normalized spacial score (nSPS) is 11.0. The molecule has 0 bridgehead atoms. The molecule has 2 N–H and O–H groups in total. The Bertz CT molecular complexity index is 1230. The van der Waals surface area contributed by atoms with Gasteiger partial charge in [0.05, 0.1) is 11.3 Å². The number of carboxylic acids is 1. The maximum Gasteiger partial charge on any atom is 0.336 e. The van der Waals surface area contributed by atoms with Crippen molar-refractivity contribution in [2.45, 2.75) is 26.7 Å². The van der Waals surface area contributed by atoms with Gasteiger partial charge >= 0.3 is 5.97 Å². The van der Waals surface area contributed by atoms with Crippen molar-refractivity contribution in [1.82, 2.24) is 14.6 Å². The molecule has 2 heterocycles. The number of anilines is 1. The Morgan fingerprint density at radius 2 is 1.87 bits per heavy atom. The van der Waals surface area contributed by atoms with E-state index < -0.39 is 5.97 Å². The molecule has 2 aromatic heterocycles. The molecule has 152 valence electrons. The number of aryl methyl sites for hydroxylation is 2. The van der Waals surface area contributed by atoms with Crippen LogP contribution in [0.2, 0.25) is 0 Å². The molecule has 0 fully saturated rings. The maximum absolute atomic E-state index is 11.5. The molecule has 30 heavy (non-hydrogen) atoms. The van der Waals surface area contributed by atoms with Gasteiger partial charge in [-0.15, -0.1) is 0 Å². The largest absolute Gasteiger partial charge is 0.478 e. The van der Waals surface area contributed by atoms with Crippen LogP contribution in [0.15, 0.2) is 54.6 Å². The molecule has 0 saturated carbocycles. The lowest BCUT2D eigenvalue weighted by atomic mass is 9.97. The van der Waals surface area contributed by atoms with Crippen LogP contribution >= 0.6 is 0 Å². The Kier molecular flexibility index (Phi) is 5.23. The summed E-state index contributed by atoms with van der Waals surface area (Å²) in [5.41, 5.74) is 7.11. The smallest absolute Gasteiger partial charge is 0.336 e. The predicted octanol–water partition coefficient (Wildman–Crippen LogP) is 4.60.